The highest BCUT2D eigenvalue weighted by molar-refractivity contribution is 5.81. The van der Waals surface area contributed by atoms with Crippen LogP contribution in [0.25, 0.3) is 5.57 Å². The zero-order valence-corrected chi connectivity index (χ0v) is 14.7. The number of ketones is 1. The lowest BCUT2D eigenvalue weighted by Gasteiger charge is -2.11. The van der Waals surface area contributed by atoms with Crippen molar-refractivity contribution in [1.82, 2.24) is 4.98 Å². The Bertz CT molecular complexity index is 687. The molecule has 0 saturated heterocycles. The number of carbonyl (C=O) groups is 1. The minimum atomic E-state index is 0.0999. The molecule has 0 N–H and O–H groups in total. The molecule has 0 radical (unpaired) electrons. The van der Waals surface area contributed by atoms with Crippen LogP contribution in [0.3, 0.4) is 0 Å². The predicted octanol–water partition coefficient (Wildman–Crippen LogP) is 4.82. The second-order valence-electron chi connectivity index (χ2n) is 6.15. The highest BCUT2D eigenvalue weighted by Crippen LogP contribution is 2.21. The largest absolute Gasteiger partial charge is 0.492 e. The molecule has 2 rings (SSSR count). The van der Waals surface area contributed by atoms with Crippen molar-refractivity contribution in [2.75, 3.05) is 6.61 Å². The minimum Gasteiger partial charge on any atom is -0.492 e. The van der Waals surface area contributed by atoms with Crippen LogP contribution in [0, 0.1) is 0 Å². The zero-order valence-electron chi connectivity index (χ0n) is 14.7. The number of Topliss-reactive ketones (excluding diaryl/α,β-unsaturated/α-hetero) is 1. The topological polar surface area (TPSA) is 39.2 Å². The average molecular weight is 323 g/mol. The minimum absolute atomic E-state index is 0.0999. The van der Waals surface area contributed by atoms with Crippen LogP contribution >= 0.6 is 0 Å². The second-order valence-corrected chi connectivity index (χ2v) is 6.15. The van der Waals surface area contributed by atoms with Crippen molar-refractivity contribution in [1.29, 1.82) is 0 Å². The maximum atomic E-state index is 12.3. The second kappa shape index (κ2) is 8.44. The molecule has 0 saturated carbocycles. The molecule has 1 aromatic heterocycles. The highest BCUT2D eigenvalue weighted by Gasteiger charge is 2.13. The Morgan fingerprint density at radius 3 is 2.46 bits per heavy atom. The van der Waals surface area contributed by atoms with Gasteiger partial charge in [-0.25, -0.2) is 0 Å². The summed E-state index contributed by atoms with van der Waals surface area (Å²) in [7, 11) is 0. The summed E-state index contributed by atoms with van der Waals surface area (Å²) < 4.78 is 5.39. The highest BCUT2D eigenvalue weighted by atomic mass is 16.5. The summed E-state index contributed by atoms with van der Waals surface area (Å²) in [4.78, 5) is 16.7. The van der Waals surface area contributed by atoms with Gasteiger partial charge in [-0.1, -0.05) is 43.3 Å². The molecule has 3 nitrogen and oxygen atoms in total. The third kappa shape index (κ3) is 5.05. The molecule has 2 aromatic rings. The van der Waals surface area contributed by atoms with Crippen LogP contribution in [0.1, 0.15) is 49.9 Å². The van der Waals surface area contributed by atoms with Crippen LogP contribution in [0.4, 0.5) is 0 Å². The van der Waals surface area contributed by atoms with Crippen LogP contribution in [-0.2, 0) is 11.2 Å². The van der Waals surface area contributed by atoms with Crippen LogP contribution in [0.5, 0.6) is 5.75 Å². The first-order valence-corrected chi connectivity index (χ1v) is 8.35. The molecule has 3 heteroatoms. The number of hydrogen-bond acceptors (Lipinski definition) is 3. The van der Waals surface area contributed by atoms with E-state index in [1.165, 1.54) is 0 Å². The fraction of sp³-hybridized carbons (Fsp3) is 0.333. The van der Waals surface area contributed by atoms with Gasteiger partial charge in [-0.15, -0.1) is 0 Å². The number of rotatable bonds is 8. The molecule has 1 heterocycles. The smallest absolute Gasteiger partial charge is 0.137 e. The SMILES string of the molecule is C=C(C)c1ccc(CC(=O)C[C@H](C)c2ccc(OCC)cn2)cc1. The third-order valence-corrected chi connectivity index (χ3v) is 3.96. The van der Waals surface area contributed by atoms with E-state index in [2.05, 4.69) is 11.6 Å². The van der Waals surface area contributed by atoms with Crippen molar-refractivity contribution in [2.45, 2.75) is 39.5 Å². The molecule has 0 amide bonds. The number of hydrogen-bond donors (Lipinski definition) is 0. The summed E-state index contributed by atoms with van der Waals surface area (Å²) in [6.07, 6.45) is 2.66. The summed E-state index contributed by atoms with van der Waals surface area (Å²) >= 11 is 0. The van der Waals surface area contributed by atoms with E-state index in [4.69, 9.17) is 4.74 Å². The third-order valence-electron chi connectivity index (χ3n) is 3.96. The van der Waals surface area contributed by atoms with Crippen molar-refractivity contribution < 1.29 is 9.53 Å². The number of ether oxygens (including phenoxy) is 1. The Hall–Kier alpha value is -2.42. The molecule has 0 spiro atoms. The molecule has 1 atom stereocenters. The van der Waals surface area contributed by atoms with Gasteiger partial charge in [-0.2, -0.15) is 0 Å². The Labute approximate surface area is 144 Å². The first-order chi connectivity index (χ1) is 11.5. The first-order valence-electron chi connectivity index (χ1n) is 8.35. The standard InChI is InChI=1S/C21H25NO2/c1-5-24-20-10-11-21(22-14-20)16(4)12-19(23)13-17-6-8-18(9-7-17)15(2)3/h6-11,14,16H,2,5,12-13H2,1,3-4H3/t16-/m0/s1. The lowest BCUT2D eigenvalue weighted by atomic mass is 9.96. The maximum absolute atomic E-state index is 12.3. The van der Waals surface area contributed by atoms with Gasteiger partial charge in [0.15, 0.2) is 0 Å². The van der Waals surface area contributed by atoms with E-state index < -0.39 is 0 Å². The first kappa shape index (κ1) is 17.9. The Kier molecular flexibility index (Phi) is 6.30. The van der Waals surface area contributed by atoms with Crippen molar-refractivity contribution in [2.24, 2.45) is 0 Å². The molecular formula is C21H25NO2. The molecule has 0 fully saturated rings. The number of allylic oxidation sites excluding steroid dienone is 1. The molecular weight excluding hydrogens is 298 g/mol. The fourth-order valence-electron chi connectivity index (χ4n) is 2.59. The maximum Gasteiger partial charge on any atom is 0.137 e. The number of pyridine rings is 1. The lowest BCUT2D eigenvalue weighted by Crippen LogP contribution is -2.08. The fourth-order valence-corrected chi connectivity index (χ4v) is 2.59. The van der Waals surface area contributed by atoms with Gasteiger partial charge in [-0.05, 0) is 37.1 Å². The number of carbonyl (C=O) groups excluding carboxylic acids is 1. The van der Waals surface area contributed by atoms with E-state index >= 15 is 0 Å². The Balaban J connectivity index is 1.92. The summed E-state index contributed by atoms with van der Waals surface area (Å²) in [5.41, 5.74) is 4.10. The molecule has 0 aliphatic rings. The Morgan fingerprint density at radius 1 is 1.21 bits per heavy atom. The lowest BCUT2D eigenvalue weighted by molar-refractivity contribution is -0.118. The van der Waals surface area contributed by atoms with E-state index in [0.717, 1.165) is 28.1 Å². The number of aromatic nitrogens is 1. The zero-order chi connectivity index (χ0) is 17.5. The van der Waals surface area contributed by atoms with Gasteiger partial charge >= 0.3 is 0 Å². The monoisotopic (exact) mass is 323 g/mol. The molecule has 0 bridgehead atoms. The van der Waals surface area contributed by atoms with E-state index in [9.17, 15) is 4.79 Å². The summed E-state index contributed by atoms with van der Waals surface area (Å²) in [6.45, 7) is 10.5. The van der Waals surface area contributed by atoms with Crippen molar-refractivity contribution in [3.05, 3.63) is 66.0 Å². The summed E-state index contributed by atoms with van der Waals surface area (Å²) in [5.74, 6) is 1.08. The van der Waals surface area contributed by atoms with Crippen molar-refractivity contribution in [3.8, 4) is 5.75 Å². The van der Waals surface area contributed by atoms with Gasteiger partial charge in [0.25, 0.3) is 0 Å². The van der Waals surface area contributed by atoms with Crippen LogP contribution < -0.4 is 4.74 Å². The van der Waals surface area contributed by atoms with Gasteiger partial charge in [-0.3, -0.25) is 9.78 Å². The van der Waals surface area contributed by atoms with Crippen molar-refractivity contribution >= 4 is 11.4 Å². The average Bonchev–Trinajstić information content (AvgIpc) is 2.56. The predicted molar refractivity (Wildman–Crippen MR) is 98.3 cm³/mol. The molecule has 24 heavy (non-hydrogen) atoms. The van der Waals surface area contributed by atoms with Gasteiger partial charge in [0.2, 0.25) is 0 Å². The Morgan fingerprint density at radius 2 is 1.92 bits per heavy atom. The van der Waals surface area contributed by atoms with Gasteiger partial charge in [0, 0.05) is 24.5 Å². The molecule has 0 aliphatic carbocycles. The van der Waals surface area contributed by atoms with E-state index in [1.54, 1.807) is 6.20 Å². The number of nitrogens with zero attached hydrogens (tertiary/aromatic N) is 1. The van der Waals surface area contributed by atoms with Gasteiger partial charge in [0.1, 0.15) is 11.5 Å². The van der Waals surface area contributed by atoms with Gasteiger partial charge < -0.3 is 4.74 Å². The molecule has 126 valence electrons. The van der Waals surface area contributed by atoms with Gasteiger partial charge in [0.05, 0.1) is 12.8 Å². The van der Waals surface area contributed by atoms with E-state index in [0.29, 0.717) is 19.4 Å². The normalized spacial score (nSPS) is 11.8. The number of benzene rings is 1. The molecule has 1 aromatic carbocycles. The van der Waals surface area contributed by atoms with Crippen molar-refractivity contribution in [3.63, 3.8) is 0 Å². The van der Waals surface area contributed by atoms with Crippen LogP contribution in [-0.4, -0.2) is 17.4 Å². The quantitative estimate of drug-likeness (QED) is 0.699. The van der Waals surface area contributed by atoms with Crippen LogP contribution in [0.15, 0.2) is 49.2 Å². The molecule has 0 unspecified atom stereocenters. The van der Waals surface area contributed by atoms with E-state index in [1.807, 2.05) is 57.2 Å². The summed E-state index contributed by atoms with van der Waals surface area (Å²) in [6, 6.07) is 11.9. The summed E-state index contributed by atoms with van der Waals surface area (Å²) in [5, 5.41) is 0. The van der Waals surface area contributed by atoms with E-state index in [-0.39, 0.29) is 11.7 Å². The van der Waals surface area contributed by atoms with Crippen LogP contribution in [0.2, 0.25) is 0 Å². The molecule has 0 aliphatic heterocycles.